The Morgan fingerprint density at radius 1 is 1.67 bits per heavy atom. The third-order valence-corrected chi connectivity index (χ3v) is 3.28. The topological polar surface area (TPSA) is 99.6 Å². The van der Waals surface area contributed by atoms with Gasteiger partial charge in [0, 0.05) is 19.2 Å². The Morgan fingerprint density at radius 2 is 2.39 bits per heavy atom. The monoisotopic (exact) mass is 255 g/mol. The molecule has 1 aromatic heterocycles. The number of methoxy groups -OCH3 is 1. The molecule has 4 atom stereocenters. The summed E-state index contributed by atoms with van der Waals surface area (Å²) >= 11 is 0. The summed E-state index contributed by atoms with van der Waals surface area (Å²) in [6.07, 6.45) is 0.255. The zero-order valence-electron chi connectivity index (χ0n) is 10.3. The van der Waals surface area contributed by atoms with Crippen molar-refractivity contribution >= 4 is 5.82 Å². The summed E-state index contributed by atoms with van der Waals surface area (Å²) in [5.74, 6) is 0.143. The molecular weight excluding hydrogens is 238 g/mol. The molecule has 0 aliphatic carbocycles. The lowest BCUT2D eigenvalue weighted by Crippen LogP contribution is -2.34. The van der Waals surface area contributed by atoms with E-state index in [1.165, 1.54) is 16.8 Å². The molecule has 1 aliphatic rings. The molecule has 0 bridgehead atoms. The summed E-state index contributed by atoms with van der Waals surface area (Å²) < 4.78 is 12.3. The highest BCUT2D eigenvalue weighted by Crippen LogP contribution is 2.34. The highest BCUT2D eigenvalue weighted by molar-refractivity contribution is 5.23. The molecule has 100 valence electrons. The van der Waals surface area contributed by atoms with Gasteiger partial charge in [-0.15, -0.1) is 0 Å². The van der Waals surface area contributed by atoms with Gasteiger partial charge in [-0.25, -0.2) is 4.79 Å². The highest BCUT2D eigenvalue weighted by atomic mass is 16.6. The SMILES string of the molecule is COC1[C@@H](C)[C@@H](CO)O[C@H]1n1ccc(N)nc1=O. The van der Waals surface area contributed by atoms with Crippen molar-refractivity contribution in [2.45, 2.75) is 25.4 Å². The lowest BCUT2D eigenvalue weighted by Gasteiger charge is -2.20. The minimum Gasteiger partial charge on any atom is -0.394 e. The fourth-order valence-corrected chi connectivity index (χ4v) is 2.24. The first-order valence-electron chi connectivity index (χ1n) is 5.72. The lowest BCUT2D eigenvalue weighted by molar-refractivity contribution is -0.0624. The molecule has 1 fully saturated rings. The Bertz CT molecular complexity index is 476. The molecule has 2 rings (SSSR count). The van der Waals surface area contributed by atoms with Crippen LogP contribution in [0.3, 0.4) is 0 Å². The molecule has 7 nitrogen and oxygen atoms in total. The van der Waals surface area contributed by atoms with Gasteiger partial charge >= 0.3 is 5.69 Å². The van der Waals surface area contributed by atoms with Crippen molar-refractivity contribution in [1.29, 1.82) is 0 Å². The Morgan fingerprint density at radius 3 is 2.94 bits per heavy atom. The van der Waals surface area contributed by atoms with E-state index in [4.69, 9.17) is 15.2 Å². The largest absolute Gasteiger partial charge is 0.394 e. The number of nitrogens with two attached hydrogens (primary N) is 1. The Balaban J connectivity index is 2.35. The number of nitrogen functional groups attached to an aromatic ring is 1. The lowest BCUT2D eigenvalue weighted by atomic mass is 10.0. The van der Waals surface area contributed by atoms with Gasteiger partial charge in [-0.3, -0.25) is 4.57 Å². The van der Waals surface area contributed by atoms with Gasteiger partial charge in [0.15, 0.2) is 6.23 Å². The first kappa shape index (κ1) is 13.0. The summed E-state index contributed by atoms with van der Waals surface area (Å²) in [5, 5.41) is 9.22. The number of rotatable bonds is 3. The number of aliphatic hydroxyl groups excluding tert-OH is 1. The third kappa shape index (κ3) is 2.12. The number of hydrogen-bond acceptors (Lipinski definition) is 6. The minimum absolute atomic E-state index is 0.0190. The fourth-order valence-electron chi connectivity index (χ4n) is 2.24. The molecule has 2 heterocycles. The van der Waals surface area contributed by atoms with Gasteiger partial charge in [-0.05, 0) is 6.07 Å². The molecule has 7 heteroatoms. The van der Waals surface area contributed by atoms with Gasteiger partial charge in [0.2, 0.25) is 0 Å². The number of aromatic nitrogens is 2. The number of hydrogen-bond donors (Lipinski definition) is 2. The van der Waals surface area contributed by atoms with Crippen molar-refractivity contribution in [2.24, 2.45) is 5.92 Å². The van der Waals surface area contributed by atoms with Gasteiger partial charge in [0.25, 0.3) is 0 Å². The molecular formula is C11H17N3O4. The standard InChI is InChI=1S/C11H17N3O4/c1-6-7(5-15)18-10(9(6)17-2)14-4-3-8(12)13-11(14)16/h3-4,6-7,9-10,15H,5H2,1-2H3,(H2,12,13,16)/t6-,7+,9?,10+/m0/s1. The molecule has 18 heavy (non-hydrogen) atoms. The normalized spacial score (nSPS) is 31.7. The maximum atomic E-state index is 11.8. The van der Waals surface area contributed by atoms with Crippen molar-refractivity contribution < 1.29 is 14.6 Å². The van der Waals surface area contributed by atoms with Crippen molar-refractivity contribution in [1.82, 2.24) is 9.55 Å². The number of nitrogens with zero attached hydrogens (tertiary/aromatic N) is 2. The first-order valence-corrected chi connectivity index (χ1v) is 5.72. The molecule has 0 radical (unpaired) electrons. The van der Waals surface area contributed by atoms with Crippen molar-refractivity contribution in [2.75, 3.05) is 19.5 Å². The summed E-state index contributed by atoms with van der Waals surface area (Å²) in [7, 11) is 1.55. The van der Waals surface area contributed by atoms with E-state index in [0.717, 1.165) is 0 Å². The van der Waals surface area contributed by atoms with E-state index in [2.05, 4.69) is 4.98 Å². The third-order valence-electron chi connectivity index (χ3n) is 3.28. The summed E-state index contributed by atoms with van der Waals surface area (Å²) in [5.41, 5.74) is 4.94. The second-order valence-electron chi connectivity index (χ2n) is 4.35. The molecule has 0 aromatic carbocycles. The number of ether oxygens (including phenoxy) is 2. The van der Waals surface area contributed by atoms with Crippen LogP contribution in [0.25, 0.3) is 0 Å². The average molecular weight is 255 g/mol. The van der Waals surface area contributed by atoms with Crippen LogP contribution in [0.15, 0.2) is 17.1 Å². The van der Waals surface area contributed by atoms with E-state index in [0.29, 0.717) is 0 Å². The molecule has 0 spiro atoms. The molecule has 1 unspecified atom stereocenters. The van der Waals surface area contributed by atoms with Crippen LogP contribution in [0.1, 0.15) is 13.2 Å². The Kier molecular flexibility index (Phi) is 3.65. The van der Waals surface area contributed by atoms with E-state index in [-0.39, 0.29) is 30.6 Å². The van der Waals surface area contributed by atoms with Crippen LogP contribution in [0.4, 0.5) is 5.82 Å². The Labute approximate surface area is 104 Å². The highest BCUT2D eigenvalue weighted by Gasteiger charge is 2.43. The second-order valence-corrected chi connectivity index (χ2v) is 4.35. The maximum Gasteiger partial charge on any atom is 0.351 e. The van der Waals surface area contributed by atoms with Gasteiger partial charge < -0.3 is 20.3 Å². The van der Waals surface area contributed by atoms with Crippen LogP contribution < -0.4 is 11.4 Å². The molecule has 0 saturated carbocycles. The van der Waals surface area contributed by atoms with Gasteiger partial charge in [-0.1, -0.05) is 6.92 Å². The smallest absolute Gasteiger partial charge is 0.351 e. The van der Waals surface area contributed by atoms with Crippen molar-refractivity contribution in [3.05, 3.63) is 22.7 Å². The summed E-state index contributed by atoms with van der Waals surface area (Å²) in [6, 6.07) is 1.52. The molecule has 1 aliphatic heterocycles. The number of anilines is 1. The van der Waals surface area contributed by atoms with E-state index < -0.39 is 11.9 Å². The van der Waals surface area contributed by atoms with Crippen LogP contribution in [-0.4, -0.2) is 40.6 Å². The quantitative estimate of drug-likeness (QED) is 0.745. The van der Waals surface area contributed by atoms with E-state index in [1.54, 1.807) is 7.11 Å². The van der Waals surface area contributed by atoms with Crippen molar-refractivity contribution in [3.63, 3.8) is 0 Å². The average Bonchev–Trinajstić information content (AvgIpc) is 2.65. The zero-order chi connectivity index (χ0) is 13.3. The van der Waals surface area contributed by atoms with Crippen molar-refractivity contribution in [3.8, 4) is 0 Å². The predicted molar refractivity (Wildman–Crippen MR) is 63.9 cm³/mol. The Hall–Kier alpha value is -1.44. The van der Waals surface area contributed by atoms with Crippen LogP contribution in [0.2, 0.25) is 0 Å². The summed E-state index contributed by atoms with van der Waals surface area (Å²) in [6.45, 7) is 1.79. The fraction of sp³-hybridized carbons (Fsp3) is 0.636. The molecule has 3 N–H and O–H groups in total. The molecule has 0 amide bonds. The molecule has 1 aromatic rings. The van der Waals surface area contributed by atoms with Gasteiger partial charge in [0.1, 0.15) is 11.9 Å². The van der Waals surface area contributed by atoms with Crippen LogP contribution in [0.5, 0.6) is 0 Å². The predicted octanol–water partition coefficient (Wildman–Crippen LogP) is -0.634. The van der Waals surface area contributed by atoms with Crippen LogP contribution in [-0.2, 0) is 9.47 Å². The summed E-state index contributed by atoms with van der Waals surface area (Å²) in [4.78, 5) is 15.4. The second kappa shape index (κ2) is 5.05. The van der Waals surface area contributed by atoms with Crippen LogP contribution >= 0.6 is 0 Å². The van der Waals surface area contributed by atoms with E-state index >= 15 is 0 Å². The maximum absolute atomic E-state index is 11.8. The van der Waals surface area contributed by atoms with E-state index in [9.17, 15) is 9.90 Å². The first-order chi connectivity index (χ1) is 8.58. The minimum atomic E-state index is -0.595. The van der Waals surface area contributed by atoms with Gasteiger partial charge in [0.05, 0.1) is 12.7 Å². The van der Waals surface area contributed by atoms with E-state index in [1.807, 2.05) is 6.92 Å². The van der Waals surface area contributed by atoms with Gasteiger partial charge in [-0.2, -0.15) is 4.98 Å². The molecule has 1 saturated heterocycles. The zero-order valence-corrected chi connectivity index (χ0v) is 10.3. The van der Waals surface area contributed by atoms with Crippen LogP contribution in [0, 0.1) is 5.92 Å². The number of aliphatic hydroxyl groups is 1.